The first kappa shape index (κ1) is 19.2. The third-order valence-corrected chi connectivity index (χ3v) is 5.31. The lowest BCUT2D eigenvalue weighted by molar-refractivity contribution is -0.280. The summed E-state index contributed by atoms with van der Waals surface area (Å²) in [5.41, 5.74) is -0.908. The van der Waals surface area contributed by atoms with Gasteiger partial charge >= 0.3 is 5.97 Å². The van der Waals surface area contributed by atoms with E-state index in [1.54, 1.807) is 61.5 Å². The van der Waals surface area contributed by atoms with Crippen LogP contribution in [0, 0.1) is 0 Å². The Hall–Kier alpha value is -3.15. The van der Waals surface area contributed by atoms with Gasteiger partial charge in [0.05, 0.1) is 12.5 Å². The monoisotopic (exact) mass is 390 g/mol. The molecule has 0 saturated carbocycles. The highest BCUT2D eigenvalue weighted by Gasteiger charge is 2.67. The topological polar surface area (TPSA) is 76.0 Å². The molecule has 0 fully saturated rings. The second kappa shape index (κ2) is 7.35. The van der Waals surface area contributed by atoms with E-state index in [9.17, 15) is 15.0 Å². The van der Waals surface area contributed by atoms with Crippen molar-refractivity contribution in [2.45, 2.75) is 24.2 Å². The average molecular weight is 390 g/mol. The number of carbonyl (C=O) groups excluding carboxylic acids is 1. The molecule has 0 radical (unpaired) electrons. The van der Waals surface area contributed by atoms with Crippen LogP contribution in [0.2, 0.25) is 0 Å². The van der Waals surface area contributed by atoms with Crippen LogP contribution in [-0.2, 0) is 15.3 Å². The average Bonchev–Trinajstić information content (AvgIpc) is 2.76. The van der Waals surface area contributed by atoms with Crippen molar-refractivity contribution in [2.24, 2.45) is 0 Å². The van der Waals surface area contributed by atoms with Crippen LogP contribution in [-0.4, -0.2) is 28.4 Å². The molecular weight excluding hydrogens is 368 g/mol. The van der Waals surface area contributed by atoms with Crippen molar-refractivity contribution < 1.29 is 24.5 Å². The van der Waals surface area contributed by atoms with E-state index < -0.39 is 23.3 Å². The molecule has 0 aromatic heterocycles. The molecule has 0 amide bonds. The van der Waals surface area contributed by atoms with Gasteiger partial charge in [-0.05, 0) is 18.6 Å². The molecule has 3 aromatic carbocycles. The highest BCUT2D eigenvalue weighted by atomic mass is 16.7. The molecule has 1 aliphatic heterocycles. The van der Waals surface area contributed by atoms with Gasteiger partial charge in [-0.1, -0.05) is 78.9 Å². The third kappa shape index (κ3) is 2.90. The van der Waals surface area contributed by atoms with Crippen molar-refractivity contribution in [1.29, 1.82) is 0 Å². The predicted molar refractivity (Wildman–Crippen MR) is 107 cm³/mol. The van der Waals surface area contributed by atoms with E-state index in [1.807, 2.05) is 30.3 Å². The first-order valence-electron chi connectivity index (χ1n) is 9.52. The smallest absolute Gasteiger partial charge is 0.346 e. The van der Waals surface area contributed by atoms with Crippen LogP contribution in [0.25, 0.3) is 0 Å². The van der Waals surface area contributed by atoms with Gasteiger partial charge in [0.25, 0.3) is 5.79 Å². The largest absolute Gasteiger partial charge is 0.464 e. The Morgan fingerprint density at radius 2 is 1.52 bits per heavy atom. The van der Waals surface area contributed by atoms with Gasteiger partial charge in [0.1, 0.15) is 5.75 Å². The molecule has 148 valence electrons. The fourth-order valence-corrected chi connectivity index (χ4v) is 3.98. The number of benzene rings is 3. The van der Waals surface area contributed by atoms with E-state index in [2.05, 4.69) is 0 Å². The zero-order chi connectivity index (χ0) is 20.5. The molecule has 2 N–H and O–H groups in total. The normalized spacial score (nSPS) is 25.6. The molecule has 4 rings (SSSR count). The summed E-state index contributed by atoms with van der Waals surface area (Å²) in [6.45, 7) is 1.70. The third-order valence-electron chi connectivity index (χ3n) is 5.31. The van der Waals surface area contributed by atoms with Gasteiger partial charge in [0, 0.05) is 11.1 Å². The van der Waals surface area contributed by atoms with E-state index in [0.29, 0.717) is 16.9 Å². The van der Waals surface area contributed by atoms with E-state index in [4.69, 9.17) is 9.47 Å². The zero-order valence-electron chi connectivity index (χ0n) is 16.0. The number of aliphatic hydroxyl groups is 2. The van der Waals surface area contributed by atoms with Crippen LogP contribution in [0.5, 0.6) is 5.75 Å². The summed E-state index contributed by atoms with van der Waals surface area (Å²) in [6, 6.07) is 24.6. The van der Waals surface area contributed by atoms with Crippen molar-refractivity contribution in [2.75, 3.05) is 6.61 Å². The first-order valence-corrected chi connectivity index (χ1v) is 9.52. The molecule has 3 aromatic rings. The Kier molecular flexibility index (Phi) is 4.86. The van der Waals surface area contributed by atoms with Gasteiger partial charge in [0.2, 0.25) is 5.60 Å². The number of carbonyl (C=O) groups is 1. The summed E-state index contributed by atoms with van der Waals surface area (Å²) in [7, 11) is 0. The minimum atomic E-state index is -2.42. The number of para-hydroxylation sites is 1. The summed E-state index contributed by atoms with van der Waals surface area (Å²) >= 11 is 0. The number of esters is 1. The fourth-order valence-electron chi connectivity index (χ4n) is 3.98. The lowest BCUT2D eigenvalue weighted by Gasteiger charge is -2.49. The van der Waals surface area contributed by atoms with Crippen LogP contribution >= 0.6 is 0 Å². The van der Waals surface area contributed by atoms with Crippen LogP contribution < -0.4 is 4.74 Å². The zero-order valence-corrected chi connectivity index (χ0v) is 16.0. The van der Waals surface area contributed by atoms with Crippen LogP contribution in [0.15, 0.2) is 84.9 Å². The highest BCUT2D eigenvalue weighted by Crippen LogP contribution is 2.54. The van der Waals surface area contributed by atoms with Crippen molar-refractivity contribution in [3.63, 3.8) is 0 Å². The number of fused-ring (bicyclic) bond motifs is 1. The Labute approximate surface area is 169 Å². The Balaban J connectivity index is 2.04. The standard InChI is InChI=1S/C24H22O5/c1-2-28-22(25)23(26)21(17-11-5-3-6-12-17)19-15-9-10-16-20(19)29-24(23,27)18-13-7-4-8-14-18/h3-16,21,26-27H,2H2,1H3/t21-,23+,24-/m0/s1. The van der Waals surface area contributed by atoms with Gasteiger partial charge in [-0.15, -0.1) is 0 Å². The summed E-state index contributed by atoms with van der Waals surface area (Å²) in [6.07, 6.45) is 0. The van der Waals surface area contributed by atoms with Crippen molar-refractivity contribution in [3.8, 4) is 5.75 Å². The molecule has 0 aliphatic carbocycles. The maximum Gasteiger partial charge on any atom is 0.346 e. The maximum absolute atomic E-state index is 13.2. The summed E-state index contributed by atoms with van der Waals surface area (Å²) in [5.74, 6) is -3.82. The number of rotatable bonds is 4. The molecule has 1 aliphatic rings. The van der Waals surface area contributed by atoms with Crippen molar-refractivity contribution >= 4 is 5.97 Å². The van der Waals surface area contributed by atoms with Crippen molar-refractivity contribution in [3.05, 3.63) is 102 Å². The van der Waals surface area contributed by atoms with Gasteiger partial charge in [-0.2, -0.15) is 0 Å². The summed E-state index contributed by atoms with van der Waals surface area (Å²) in [4.78, 5) is 13.2. The molecule has 1 heterocycles. The molecule has 0 saturated heterocycles. The Morgan fingerprint density at radius 3 is 2.17 bits per heavy atom. The quantitative estimate of drug-likeness (QED) is 0.668. The minimum Gasteiger partial charge on any atom is -0.464 e. The summed E-state index contributed by atoms with van der Waals surface area (Å²) in [5, 5.41) is 23.7. The number of hydrogen-bond donors (Lipinski definition) is 2. The molecule has 29 heavy (non-hydrogen) atoms. The van der Waals surface area contributed by atoms with Crippen LogP contribution in [0.4, 0.5) is 0 Å². The second-order valence-electron chi connectivity index (χ2n) is 6.98. The molecule has 5 nitrogen and oxygen atoms in total. The molecule has 0 spiro atoms. The van der Waals surface area contributed by atoms with Gasteiger partial charge < -0.3 is 19.7 Å². The van der Waals surface area contributed by atoms with Crippen LogP contribution in [0.1, 0.15) is 29.5 Å². The molecule has 5 heteroatoms. The van der Waals surface area contributed by atoms with E-state index in [-0.39, 0.29) is 12.2 Å². The van der Waals surface area contributed by atoms with Crippen LogP contribution in [0.3, 0.4) is 0 Å². The predicted octanol–water partition coefficient (Wildman–Crippen LogP) is 3.35. The lowest BCUT2D eigenvalue weighted by Crippen LogP contribution is -2.66. The van der Waals surface area contributed by atoms with Gasteiger partial charge in [0.15, 0.2) is 0 Å². The summed E-state index contributed by atoms with van der Waals surface area (Å²) < 4.78 is 11.2. The molecule has 3 atom stereocenters. The number of hydrogen-bond acceptors (Lipinski definition) is 5. The van der Waals surface area contributed by atoms with Gasteiger partial charge in [-0.3, -0.25) is 0 Å². The molecule has 0 bridgehead atoms. The molecule has 0 unspecified atom stereocenters. The maximum atomic E-state index is 13.2. The molecular formula is C24H22O5. The lowest BCUT2D eigenvalue weighted by atomic mass is 9.68. The van der Waals surface area contributed by atoms with E-state index in [0.717, 1.165) is 0 Å². The Morgan fingerprint density at radius 1 is 0.931 bits per heavy atom. The first-order chi connectivity index (χ1) is 14.0. The van der Waals surface area contributed by atoms with Crippen molar-refractivity contribution in [1.82, 2.24) is 0 Å². The van der Waals surface area contributed by atoms with E-state index >= 15 is 0 Å². The minimum absolute atomic E-state index is 0.0508. The van der Waals surface area contributed by atoms with Gasteiger partial charge in [-0.25, -0.2) is 4.79 Å². The Bertz CT molecular complexity index is 1000. The SMILES string of the molecule is CCOC(=O)[C@]1(O)[C@@H](c2ccccc2)c2ccccc2O[C@@]1(O)c1ccccc1. The van der Waals surface area contributed by atoms with E-state index in [1.165, 1.54) is 0 Å². The highest BCUT2D eigenvalue weighted by molar-refractivity contribution is 5.85. The number of ether oxygens (including phenoxy) is 2. The fraction of sp³-hybridized carbons (Fsp3) is 0.208. The second-order valence-corrected chi connectivity index (χ2v) is 6.98.